The number of amides is 2. The number of hydrogen-bond donors (Lipinski definition) is 1. The summed E-state index contributed by atoms with van der Waals surface area (Å²) in [7, 11) is 0. The van der Waals surface area contributed by atoms with Crippen molar-refractivity contribution in [3.63, 3.8) is 0 Å². The summed E-state index contributed by atoms with van der Waals surface area (Å²) in [5.41, 5.74) is 0.494. The van der Waals surface area contributed by atoms with E-state index in [1.54, 1.807) is 6.07 Å². The van der Waals surface area contributed by atoms with Crippen LogP contribution in [0, 0.1) is 0 Å². The second-order valence-electron chi connectivity index (χ2n) is 7.75. The van der Waals surface area contributed by atoms with Crippen LogP contribution in [0.1, 0.15) is 33.7 Å². The molecule has 1 N–H and O–H groups in total. The largest absolute Gasteiger partial charge is 0.479 e. The van der Waals surface area contributed by atoms with E-state index >= 15 is 0 Å². The number of nitrogens with zero attached hydrogens (tertiary/aromatic N) is 2. The third-order valence-corrected chi connectivity index (χ3v) is 6.98. The Morgan fingerprint density at radius 1 is 1.12 bits per heavy atom. The average molecular weight is 474 g/mol. The molecule has 3 heterocycles. The number of thiophene rings is 1. The molecule has 2 aliphatic heterocycles. The number of aliphatic carboxylic acids is 1. The minimum atomic E-state index is -4.56. The third-order valence-electron chi connectivity index (χ3n) is 5.74. The maximum Gasteiger partial charge on any atom is 0.417 e. The Bertz CT molecular complexity index is 1230. The molecule has 1 aromatic heterocycles. The standard InChI is InChI=1S/C23H17F3N2O4S/c24-23(25,26)16-9-5-4-8-14(16)18-10-15-17-11-27(19(21(29)30)20(15)33-18)22(31)28(17)32-12-13-6-2-1-3-7-13/h1-10,17,19H,11-12H2,(H,29,30)/t17-,19?/m1/s1. The van der Waals surface area contributed by atoms with Crippen LogP contribution in [0.2, 0.25) is 0 Å². The number of benzene rings is 2. The topological polar surface area (TPSA) is 70.1 Å². The van der Waals surface area contributed by atoms with Gasteiger partial charge >= 0.3 is 18.2 Å². The lowest BCUT2D eigenvalue weighted by atomic mass is 9.97. The maximum absolute atomic E-state index is 13.6. The van der Waals surface area contributed by atoms with Crippen LogP contribution in [-0.2, 0) is 22.4 Å². The van der Waals surface area contributed by atoms with E-state index in [-0.39, 0.29) is 18.7 Å². The molecule has 3 aromatic rings. The molecule has 2 atom stereocenters. The molecule has 10 heteroatoms. The molecule has 1 unspecified atom stereocenters. The van der Waals surface area contributed by atoms with E-state index in [0.717, 1.165) is 28.0 Å². The number of fused-ring (bicyclic) bond motifs is 4. The lowest BCUT2D eigenvalue weighted by Gasteiger charge is -2.27. The zero-order valence-electron chi connectivity index (χ0n) is 17.0. The van der Waals surface area contributed by atoms with Crippen molar-refractivity contribution in [1.82, 2.24) is 9.96 Å². The molecule has 0 spiro atoms. The molecular formula is C23H17F3N2O4S. The van der Waals surface area contributed by atoms with Gasteiger partial charge in [-0.3, -0.25) is 4.84 Å². The molecule has 6 nitrogen and oxygen atoms in total. The van der Waals surface area contributed by atoms with Gasteiger partial charge in [-0.1, -0.05) is 48.5 Å². The van der Waals surface area contributed by atoms with Gasteiger partial charge in [-0.15, -0.1) is 11.3 Å². The lowest BCUT2D eigenvalue weighted by molar-refractivity contribution is -0.143. The van der Waals surface area contributed by atoms with E-state index in [1.807, 2.05) is 30.3 Å². The highest BCUT2D eigenvalue weighted by molar-refractivity contribution is 7.16. The summed E-state index contributed by atoms with van der Waals surface area (Å²) in [4.78, 5) is 32.6. The number of carbonyl (C=O) groups excluding carboxylic acids is 1. The first kappa shape index (κ1) is 21.5. The van der Waals surface area contributed by atoms with E-state index in [9.17, 15) is 27.9 Å². The van der Waals surface area contributed by atoms with Crippen molar-refractivity contribution in [2.24, 2.45) is 0 Å². The Morgan fingerprint density at radius 2 is 1.82 bits per heavy atom. The van der Waals surface area contributed by atoms with Gasteiger partial charge in [-0.2, -0.15) is 18.2 Å². The minimum Gasteiger partial charge on any atom is -0.479 e. The number of halogens is 3. The zero-order valence-corrected chi connectivity index (χ0v) is 17.8. The molecule has 2 amide bonds. The van der Waals surface area contributed by atoms with Crippen LogP contribution in [0.15, 0.2) is 60.7 Å². The highest BCUT2D eigenvalue weighted by Gasteiger charge is 2.52. The van der Waals surface area contributed by atoms with Crippen molar-refractivity contribution in [3.8, 4) is 10.4 Å². The molecule has 170 valence electrons. The smallest absolute Gasteiger partial charge is 0.417 e. The molecule has 1 saturated heterocycles. The Hall–Kier alpha value is -3.37. The van der Waals surface area contributed by atoms with Gasteiger partial charge in [-0.05, 0) is 23.3 Å². The van der Waals surface area contributed by atoms with E-state index in [2.05, 4.69) is 0 Å². The summed E-state index contributed by atoms with van der Waals surface area (Å²) in [6.45, 7) is 0.173. The predicted octanol–water partition coefficient (Wildman–Crippen LogP) is 5.48. The van der Waals surface area contributed by atoms with Crippen molar-refractivity contribution in [3.05, 3.63) is 82.2 Å². The molecule has 5 rings (SSSR count). The van der Waals surface area contributed by atoms with E-state index in [4.69, 9.17) is 4.84 Å². The van der Waals surface area contributed by atoms with Gasteiger partial charge in [0.15, 0.2) is 6.04 Å². The molecule has 0 radical (unpaired) electrons. The van der Waals surface area contributed by atoms with Gasteiger partial charge in [0, 0.05) is 15.3 Å². The number of carbonyl (C=O) groups is 2. The van der Waals surface area contributed by atoms with Crippen molar-refractivity contribution < 1.29 is 32.7 Å². The summed E-state index contributed by atoms with van der Waals surface area (Å²) >= 11 is 0.964. The van der Waals surface area contributed by atoms with Crippen molar-refractivity contribution in [1.29, 1.82) is 0 Å². The highest BCUT2D eigenvalue weighted by atomic mass is 32.1. The van der Waals surface area contributed by atoms with Crippen LogP contribution in [0.5, 0.6) is 0 Å². The average Bonchev–Trinajstić information content (AvgIpc) is 3.34. The quantitative estimate of drug-likeness (QED) is 0.532. The van der Waals surface area contributed by atoms with Gasteiger partial charge in [0.25, 0.3) is 0 Å². The molecule has 1 fully saturated rings. The van der Waals surface area contributed by atoms with Crippen LogP contribution in [0.4, 0.5) is 18.0 Å². The fraction of sp³-hybridized carbons (Fsp3) is 0.217. The van der Waals surface area contributed by atoms with Gasteiger partial charge in [-0.25, -0.2) is 9.59 Å². The molecular weight excluding hydrogens is 457 g/mol. The summed E-state index contributed by atoms with van der Waals surface area (Å²) in [6.07, 6.45) is -4.56. The Labute approximate surface area is 190 Å². The van der Waals surface area contributed by atoms with E-state index in [0.29, 0.717) is 15.3 Å². The van der Waals surface area contributed by atoms with Crippen molar-refractivity contribution in [2.45, 2.75) is 24.9 Å². The van der Waals surface area contributed by atoms with Crippen LogP contribution < -0.4 is 0 Å². The molecule has 2 aliphatic rings. The lowest BCUT2D eigenvalue weighted by Crippen LogP contribution is -2.37. The summed E-state index contributed by atoms with van der Waals surface area (Å²) in [5, 5.41) is 11.0. The number of hydroxylamine groups is 2. The first-order valence-electron chi connectivity index (χ1n) is 10.1. The van der Waals surface area contributed by atoms with Gasteiger partial charge in [0.05, 0.1) is 12.1 Å². The second kappa shape index (κ2) is 7.89. The Kier molecular flexibility index (Phi) is 5.13. The number of hydrogen-bond acceptors (Lipinski definition) is 4. The van der Waals surface area contributed by atoms with Crippen LogP contribution in [-0.4, -0.2) is 33.6 Å². The number of carboxylic acid groups (broad SMARTS) is 1. The van der Waals surface area contributed by atoms with Crippen molar-refractivity contribution >= 4 is 23.3 Å². The Morgan fingerprint density at radius 3 is 2.52 bits per heavy atom. The number of rotatable bonds is 5. The number of alkyl halides is 3. The summed E-state index contributed by atoms with van der Waals surface area (Å²) < 4.78 is 40.7. The Balaban J connectivity index is 1.55. The predicted molar refractivity (Wildman–Crippen MR) is 113 cm³/mol. The number of urea groups is 1. The van der Waals surface area contributed by atoms with Gasteiger partial charge < -0.3 is 10.0 Å². The first-order chi connectivity index (χ1) is 15.8. The zero-order chi connectivity index (χ0) is 23.3. The van der Waals surface area contributed by atoms with Crippen LogP contribution in [0.3, 0.4) is 0 Å². The monoisotopic (exact) mass is 474 g/mol. The molecule has 0 saturated carbocycles. The fourth-order valence-corrected chi connectivity index (χ4v) is 5.62. The SMILES string of the molecule is O=C(O)C1c2sc(-c3ccccc3C(F)(F)F)cc2[C@H]2CN1C(=O)N2OCc1ccccc1. The minimum absolute atomic E-state index is 0.0255. The van der Waals surface area contributed by atoms with E-state index < -0.39 is 35.8 Å². The highest BCUT2D eigenvalue weighted by Crippen LogP contribution is 2.50. The normalized spacial score (nSPS) is 19.7. The van der Waals surface area contributed by atoms with Crippen molar-refractivity contribution in [2.75, 3.05) is 6.54 Å². The summed E-state index contributed by atoms with van der Waals surface area (Å²) in [5.74, 6) is -1.24. The first-order valence-corrected chi connectivity index (χ1v) is 10.9. The molecule has 2 aromatic carbocycles. The van der Waals surface area contributed by atoms with Crippen LogP contribution in [0.25, 0.3) is 10.4 Å². The van der Waals surface area contributed by atoms with Gasteiger partial charge in [0.2, 0.25) is 0 Å². The van der Waals surface area contributed by atoms with Crippen LogP contribution >= 0.6 is 11.3 Å². The summed E-state index contributed by atoms with van der Waals surface area (Å²) in [6, 6.07) is 13.4. The van der Waals surface area contributed by atoms with E-state index in [1.165, 1.54) is 23.1 Å². The third kappa shape index (κ3) is 3.65. The molecule has 0 aliphatic carbocycles. The fourth-order valence-electron chi connectivity index (χ4n) is 4.26. The number of carboxylic acids is 1. The van der Waals surface area contributed by atoms with Gasteiger partial charge in [0.1, 0.15) is 12.6 Å². The molecule has 33 heavy (non-hydrogen) atoms. The molecule has 2 bridgehead atoms. The maximum atomic E-state index is 13.6. The second-order valence-corrected chi connectivity index (χ2v) is 8.83.